The van der Waals surface area contributed by atoms with Crippen molar-refractivity contribution >= 4 is 28.8 Å². The van der Waals surface area contributed by atoms with Crippen LogP contribution in [0.15, 0.2) is 29.5 Å². The molecule has 1 saturated heterocycles. The fourth-order valence-corrected chi connectivity index (χ4v) is 4.25. The van der Waals surface area contributed by atoms with E-state index < -0.39 is 0 Å². The van der Waals surface area contributed by atoms with E-state index in [-0.39, 0.29) is 11.7 Å². The van der Waals surface area contributed by atoms with Gasteiger partial charge in [0.25, 0.3) is 5.91 Å². The number of aromatic nitrogens is 2. The number of likely N-dealkylation sites (tertiary alicyclic amines) is 1. The molecule has 2 aromatic rings. The van der Waals surface area contributed by atoms with Crippen molar-refractivity contribution in [1.82, 2.24) is 20.2 Å². The molecule has 0 unspecified atom stereocenters. The zero-order chi connectivity index (χ0) is 22.0. The van der Waals surface area contributed by atoms with Crippen molar-refractivity contribution in [2.24, 2.45) is 10.9 Å². The summed E-state index contributed by atoms with van der Waals surface area (Å²) in [5, 5.41) is 3.02. The van der Waals surface area contributed by atoms with Crippen LogP contribution >= 0.6 is 0 Å². The van der Waals surface area contributed by atoms with Gasteiger partial charge in [-0.15, -0.1) is 0 Å². The lowest BCUT2D eigenvalue weighted by Crippen LogP contribution is -2.38. The average molecular weight is 425 g/mol. The minimum atomic E-state index is -0.284. The van der Waals surface area contributed by atoms with Crippen molar-refractivity contribution < 1.29 is 9.18 Å². The molecule has 1 N–H and O–H groups in total. The number of aliphatic imine (C=N–C) groups is 1. The van der Waals surface area contributed by atoms with Crippen LogP contribution in [0.4, 0.5) is 21.6 Å². The normalized spacial score (nSPS) is 17.7. The first-order chi connectivity index (χ1) is 14.9. The van der Waals surface area contributed by atoms with Crippen LogP contribution in [0.3, 0.4) is 0 Å². The minimum absolute atomic E-state index is 0.193. The molecular weight excluding hydrogens is 395 g/mol. The second-order valence-electron chi connectivity index (χ2n) is 8.43. The number of hydrogen-bond donors (Lipinski definition) is 1. The van der Waals surface area contributed by atoms with Gasteiger partial charge in [0.1, 0.15) is 23.5 Å². The number of halogens is 1. The monoisotopic (exact) mass is 424 g/mol. The number of carbonyl (C=O) groups excluding carboxylic acids is 1. The van der Waals surface area contributed by atoms with Crippen LogP contribution in [0.25, 0.3) is 0 Å². The molecule has 3 heterocycles. The first-order valence-corrected chi connectivity index (χ1v) is 10.8. The number of nitrogens with one attached hydrogen (secondary N) is 1. The van der Waals surface area contributed by atoms with Gasteiger partial charge in [-0.2, -0.15) is 0 Å². The Morgan fingerprint density at radius 1 is 1.26 bits per heavy atom. The Balaban J connectivity index is 1.54. The van der Waals surface area contributed by atoms with E-state index >= 15 is 0 Å². The van der Waals surface area contributed by atoms with Crippen LogP contribution in [0.5, 0.6) is 0 Å². The molecule has 1 amide bonds. The summed E-state index contributed by atoms with van der Waals surface area (Å²) < 4.78 is 14.6. The number of hydrogen-bond acceptors (Lipinski definition) is 6. The summed E-state index contributed by atoms with van der Waals surface area (Å²) >= 11 is 0. The molecule has 1 fully saturated rings. The van der Waals surface area contributed by atoms with E-state index in [2.05, 4.69) is 32.2 Å². The Labute approximate surface area is 182 Å². The lowest BCUT2D eigenvalue weighted by Gasteiger charge is -2.28. The summed E-state index contributed by atoms with van der Waals surface area (Å²) in [6.07, 6.45) is 4.36. The van der Waals surface area contributed by atoms with Crippen LogP contribution in [-0.4, -0.2) is 59.7 Å². The maximum atomic E-state index is 14.6. The zero-order valence-electron chi connectivity index (χ0n) is 18.4. The number of rotatable bonds is 5. The molecule has 0 radical (unpaired) electrons. The van der Waals surface area contributed by atoms with Crippen molar-refractivity contribution in [1.29, 1.82) is 0 Å². The molecule has 8 heteroatoms. The van der Waals surface area contributed by atoms with Crippen molar-refractivity contribution in [3.05, 3.63) is 41.6 Å². The quantitative estimate of drug-likeness (QED) is 0.747. The predicted octanol–water partition coefficient (Wildman–Crippen LogP) is 3.17. The Morgan fingerprint density at radius 3 is 2.81 bits per heavy atom. The molecule has 1 aromatic carbocycles. The largest absolute Gasteiger partial charge is 0.351 e. The number of benzene rings is 1. The van der Waals surface area contributed by atoms with Gasteiger partial charge in [-0.25, -0.2) is 19.4 Å². The molecule has 164 valence electrons. The highest BCUT2D eigenvalue weighted by molar-refractivity contribution is 6.38. The molecule has 0 spiro atoms. The summed E-state index contributed by atoms with van der Waals surface area (Å²) in [6, 6.07) is 5.10. The van der Waals surface area contributed by atoms with E-state index in [0.717, 1.165) is 37.9 Å². The summed E-state index contributed by atoms with van der Waals surface area (Å²) in [5.74, 6) is 0.545. The topological polar surface area (TPSA) is 73.7 Å². The molecule has 4 rings (SSSR count). The SMILES string of the molecule is C/C(=N\c1c(C)ncnc1N1CCc2cccc(F)c21)C(=O)NCC1CCN(C)CC1. The third kappa shape index (κ3) is 4.58. The number of para-hydroxylation sites is 1. The van der Waals surface area contributed by atoms with Crippen LogP contribution in [0.1, 0.15) is 31.0 Å². The first kappa shape index (κ1) is 21.4. The third-order valence-electron chi connectivity index (χ3n) is 6.18. The van der Waals surface area contributed by atoms with Gasteiger partial charge in [-0.05, 0) is 70.8 Å². The van der Waals surface area contributed by atoms with Gasteiger partial charge in [0.2, 0.25) is 0 Å². The molecule has 31 heavy (non-hydrogen) atoms. The third-order valence-corrected chi connectivity index (χ3v) is 6.18. The lowest BCUT2D eigenvalue weighted by atomic mass is 9.97. The van der Waals surface area contributed by atoms with Crippen molar-refractivity contribution in [3.8, 4) is 0 Å². The Bertz CT molecular complexity index is 1000. The molecular formula is C23H29FN6O. The first-order valence-electron chi connectivity index (χ1n) is 10.8. The minimum Gasteiger partial charge on any atom is -0.351 e. The molecule has 7 nitrogen and oxygen atoms in total. The highest BCUT2D eigenvalue weighted by Crippen LogP contribution is 2.40. The Morgan fingerprint density at radius 2 is 2.03 bits per heavy atom. The van der Waals surface area contributed by atoms with E-state index in [9.17, 15) is 9.18 Å². The summed E-state index contributed by atoms with van der Waals surface area (Å²) in [6.45, 7) is 6.90. The average Bonchev–Trinajstić information content (AvgIpc) is 3.20. The zero-order valence-corrected chi connectivity index (χ0v) is 18.4. The molecule has 1 aromatic heterocycles. The molecule has 2 aliphatic heterocycles. The Hall–Kier alpha value is -2.87. The van der Waals surface area contributed by atoms with E-state index in [1.54, 1.807) is 13.0 Å². The van der Waals surface area contributed by atoms with Gasteiger partial charge in [-0.3, -0.25) is 4.79 Å². The fourth-order valence-electron chi connectivity index (χ4n) is 4.25. The number of aryl methyl sites for hydroxylation is 1. The van der Waals surface area contributed by atoms with Crippen LogP contribution in [0, 0.1) is 18.7 Å². The number of carbonyl (C=O) groups is 1. The molecule has 0 saturated carbocycles. The molecule has 0 bridgehead atoms. The second kappa shape index (κ2) is 9.09. The van der Waals surface area contributed by atoms with Crippen molar-refractivity contribution in [3.63, 3.8) is 0 Å². The highest BCUT2D eigenvalue weighted by Gasteiger charge is 2.27. The molecule has 0 atom stereocenters. The summed E-state index contributed by atoms with van der Waals surface area (Å²) in [5.41, 5.74) is 2.98. The van der Waals surface area contributed by atoms with E-state index in [4.69, 9.17) is 0 Å². The van der Waals surface area contributed by atoms with E-state index in [1.807, 2.05) is 17.9 Å². The number of nitrogens with zero attached hydrogens (tertiary/aromatic N) is 5. The van der Waals surface area contributed by atoms with E-state index in [1.165, 1.54) is 12.4 Å². The van der Waals surface area contributed by atoms with Gasteiger partial charge in [0, 0.05) is 13.1 Å². The molecule has 0 aliphatic carbocycles. The van der Waals surface area contributed by atoms with Crippen LogP contribution in [-0.2, 0) is 11.2 Å². The van der Waals surface area contributed by atoms with Gasteiger partial charge in [-0.1, -0.05) is 12.1 Å². The standard InChI is InChI=1S/C23H29FN6O/c1-15-20(28-16(2)23(31)25-13-17-7-10-29(3)11-8-17)22(27-14-26-15)30-12-9-18-5-4-6-19(24)21(18)30/h4-6,14,17H,7-13H2,1-3H3,(H,25,31)/b28-16+. The maximum Gasteiger partial charge on any atom is 0.265 e. The fraction of sp³-hybridized carbons (Fsp3) is 0.478. The smallest absolute Gasteiger partial charge is 0.265 e. The lowest BCUT2D eigenvalue weighted by molar-refractivity contribution is -0.115. The molecule has 2 aliphatic rings. The number of amides is 1. The Kier molecular flexibility index (Phi) is 6.27. The van der Waals surface area contributed by atoms with Gasteiger partial charge < -0.3 is 15.1 Å². The van der Waals surface area contributed by atoms with Crippen LogP contribution < -0.4 is 10.2 Å². The van der Waals surface area contributed by atoms with Crippen molar-refractivity contribution in [2.75, 3.05) is 38.1 Å². The van der Waals surface area contributed by atoms with Crippen LogP contribution in [0.2, 0.25) is 0 Å². The number of anilines is 2. The van der Waals surface area contributed by atoms with Gasteiger partial charge in [0.15, 0.2) is 5.82 Å². The second-order valence-corrected chi connectivity index (χ2v) is 8.43. The van der Waals surface area contributed by atoms with E-state index in [0.29, 0.717) is 47.6 Å². The van der Waals surface area contributed by atoms with Crippen molar-refractivity contribution in [2.45, 2.75) is 33.1 Å². The summed E-state index contributed by atoms with van der Waals surface area (Å²) in [7, 11) is 2.12. The van der Waals surface area contributed by atoms with Gasteiger partial charge in [0.05, 0.1) is 11.4 Å². The highest BCUT2D eigenvalue weighted by atomic mass is 19.1. The van der Waals surface area contributed by atoms with Gasteiger partial charge >= 0.3 is 0 Å². The number of piperidine rings is 1. The summed E-state index contributed by atoms with van der Waals surface area (Å²) in [4.78, 5) is 30.1. The maximum absolute atomic E-state index is 14.6. The predicted molar refractivity (Wildman–Crippen MR) is 120 cm³/mol. The number of fused-ring (bicyclic) bond motifs is 1.